The van der Waals surface area contributed by atoms with E-state index in [-0.39, 0.29) is 6.42 Å². The second kappa shape index (κ2) is 5.47. The highest BCUT2D eigenvalue weighted by Crippen LogP contribution is 2.30. The van der Waals surface area contributed by atoms with E-state index in [2.05, 4.69) is 15.9 Å². The van der Waals surface area contributed by atoms with Crippen LogP contribution in [-0.2, 0) is 11.2 Å². The van der Waals surface area contributed by atoms with Crippen molar-refractivity contribution < 1.29 is 9.90 Å². The normalized spacial score (nSPS) is 10.4. The fourth-order valence-corrected chi connectivity index (χ4v) is 2.81. The average Bonchev–Trinajstić information content (AvgIpc) is 2.75. The van der Waals surface area contributed by atoms with E-state index in [0.29, 0.717) is 6.42 Å². The molecule has 2 rings (SSSR count). The van der Waals surface area contributed by atoms with E-state index < -0.39 is 5.97 Å². The maximum absolute atomic E-state index is 10.6. The van der Waals surface area contributed by atoms with Crippen molar-refractivity contribution >= 4 is 33.2 Å². The van der Waals surface area contributed by atoms with Gasteiger partial charge in [0, 0.05) is 9.35 Å². The minimum atomic E-state index is -0.750. The molecule has 1 aromatic heterocycles. The number of hydrogen-bond acceptors (Lipinski definition) is 2. The SMILES string of the molecule is O=C(O)CCc1sccc1-c1ccc(Br)cc1. The van der Waals surface area contributed by atoms with Gasteiger partial charge in [0.2, 0.25) is 0 Å². The first-order chi connectivity index (χ1) is 8.16. The number of carboxylic acid groups (broad SMARTS) is 1. The van der Waals surface area contributed by atoms with Gasteiger partial charge in [0.25, 0.3) is 0 Å². The van der Waals surface area contributed by atoms with Gasteiger partial charge in [-0.15, -0.1) is 11.3 Å². The predicted molar refractivity (Wildman–Crippen MR) is 73.4 cm³/mol. The van der Waals surface area contributed by atoms with Crippen molar-refractivity contribution in [3.05, 3.63) is 45.1 Å². The number of aryl methyl sites for hydroxylation is 1. The van der Waals surface area contributed by atoms with Gasteiger partial charge in [0.15, 0.2) is 0 Å². The number of hydrogen-bond donors (Lipinski definition) is 1. The van der Waals surface area contributed by atoms with Crippen LogP contribution in [0.5, 0.6) is 0 Å². The molecule has 0 aliphatic heterocycles. The van der Waals surface area contributed by atoms with E-state index in [0.717, 1.165) is 20.5 Å². The molecule has 0 fully saturated rings. The molecule has 1 N–H and O–H groups in total. The van der Waals surface area contributed by atoms with Crippen molar-refractivity contribution in [3.8, 4) is 11.1 Å². The zero-order valence-electron chi connectivity index (χ0n) is 9.02. The van der Waals surface area contributed by atoms with Gasteiger partial charge in [0.05, 0.1) is 6.42 Å². The highest BCUT2D eigenvalue weighted by molar-refractivity contribution is 9.10. The Morgan fingerprint density at radius 2 is 1.94 bits per heavy atom. The molecule has 2 aromatic rings. The molecular weight excluding hydrogens is 300 g/mol. The Kier molecular flexibility index (Phi) is 3.97. The number of aliphatic carboxylic acids is 1. The fourth-order valence-electron chi connectivity index (χ4n) is 1.64. The van der Waals surface area contributed by atoms with Crippen LogP contribution in [0.3, 0.4) is 0 Å². The number of carboxylic acids is 1. The summed E-state index contributed by atoms with van der Waals surface area (Å²) < 4.78 is 1.04. The van der Waals surface area contributed by atoms with Crippen LogP contribution in [0.4, 0.5) is 0 Å². The van der Waals surface area contributed by atoms with Gasteiger partial charge < -0.3 is 5.11 Å². The molecule has 0 radical (unpaired) electrons. The summed E-state index contributed by atoms with van der Waals surface area (Å²) in [5.41, 5.74) is 2.28. The summed E-state index contributed by atoms with van der Waals surface area (Å²) in [6, 6.07) is 10.1. The van der Waals surface area contributed by atoms with Crippen molar-refractivity contribution in [2.45, 2.75) is 12.8 Å². The number of benzene rings is 1. The molecule has 0 aliphatic rings. The lowest BCUT2D eigenvalue weighted by Crippen LogP contribution is -1.96. The monoisotopic (exact) mass is 310 g/mol. The predicted octanol–water partition coefficient (Wildman–Crippen LogP) is 4.19. The molecule has 1 heterocycles. The van der Waals surface area contributed by atoms with E-state index in [1.165, 1.54) is 0 Å². The molecule has 0 amide bonds. The second-order valence-corrected chi connectivity index (χ2v) is 5.57. The zero-order valence-corrected chi connectivity index (χ0v) is 11.4. The highest BCUT2D eigenvalue weighted by atomic mass is 79.9. The van der Waals surface area contributed by atoms with Gasteiger partial charge in [0.1, 0.15) is 0 Å². The molecule has 0 saturated carbocycles. The quantitative estimate of drug-likeness (QED) is 0.919. The Morgan fingerprint density at radius 3 is 2.59 bits per heavy atom. The fraction of sp³-hybridized carbons (Fsp3) is 0.154. The third-order valence-electron chi connectivity index (χ3n) is 2.47. The largest absolute Gasteiger partial charge is 0.481 e. The van der Waals surface area contributed by atoms with Crippen LogP contribution >= 0.6 is 27.3 Å². The Hall–Kier alpha value is -1.13. The first-order valence-corrected chi connectivity index (χ1v) is 6.88. The topological polar surface area (TPSA) is 37.3 Å². The van der Waals surface area contributed by atoms with Gasteiger partial charge in [-0.2, -0.15) is 0 Å². The lowest BCUT2D eigenvalue weighted by Gasteiger charge is -2.03. The third kappa shape index (κ3) is 3.17. The molecule has 0 saturated heterocycles. The molecule has 17 heavy (non-hydrogen) atoms. The third-order valence-corrected chi connectivity index (χ3v) is 3.98. The number of rotatable bonds is 4. The van der Waals surface area contributed by atoms with Crippen LogP contribution in [0.1, 0.15) is 11.3 Å². The Labute approximate surface area is 112 Å². The van der Waals surface area contributed by atoms with Crippen LogP contribution in [0.15, 0.2) is 40.2 Å². The zero-order chi connectivity index (χ0) is 12.3. The number of thiophene rings is 1. The van der Waals surface area contributed by atoms with Gasteiger partial charge >= 0.3 is 5.97 Å². The minimum Gasteiger partial charge on any atom is -0.481 e. The summed E-state index contributed by atoms with van der Waals surface area (Å²) in [5.74, 6) is -0.750. The van der Waals surface area contributed by atoms with Crippen molar-refractivity contribution in [2.75, 3.05) is 0 Å². The molecule has 0 unspecified atom stereocenters. The smallest absolute Gasteiger partial charge is 0.303 e. The van der Waals surface area contributed by atoms with Gasteiger partial charge in [-0.05, 0) is 41.1 Å². The van der Waals surface area contributed by atoms with E-state index >= 15 is 0 Å². The summed E-state index contributed by atoms with van der Waals surface area (Å²) in [6.07, 6.45) is 0.780. The van der Waals surface area contributed by atoms with Crippen LogP contribution in [0, 0.1) is 0 Å². The molecule has 0 aliphatic carbocycles. The lowest BCUT2D eigenvalue weighted by atomic mass is 10.1. The van der Waals surface area contributed by atoms with E-state index in [1.54, 1.807) is 11.3 Å². The summed E-state index contributed by atoms with van der Waals surface area (Å²) in [6.45, 7) is 0. The molecule has 2 nitrogen and oxygen atoms in total. The van der Waals surface area contributed by atoms with Crippen LogP contribution < -0.4 is 0 Å². The molecular formula is C13H11BrO2S. The molecule has 0 spiro atoms. The first-order valence-electron chi connectivity index (χ1n) is 5.21. The average molecular weight is 311 g/mol. The van der Waals surface area contributed by atoms with E-state index in [4.69, 9.17) is 5.11 Å². The standard InChI is InChI=1S/C13H11BrO2S/c14-10-3-1-9(2-4-10)11-7-8-17-12(11)5-6-13(15)16/h1-4,7-8H,5-6H2,(H,15,16). The van der Waals surface area contributed by atoms with E-state index in [9.17, 15) is 4.79 Å². The summed E-state index contributed by atoms with van der Waals surface area (Å²) in [4.78, 5) is 11.7. The van der Waals surface area contributed by atoms with Gasteiger partial charge in [-0.3, -0.25) is 4.79 Å². The van der Waals surface area contributed by atoms with Crippen molar-refractivity contribution in [1.29, 1.82) is 0 Å². The highest BCUT2D eigenvalue weighted by Gasteiger charge is 2.08. The Morgan fingerprint density at radius 1 is 1.24 bits per heavy atom. The van der Waals surface area contributed by atoms with Crippen molar-refractivity contribution in [2.24, 2.45) is 0 Å². The van der Waals surface area contributed by atoms with Gasteiger partial charge in [-0.1, -0.05) is 28.1 Å². The van der Waals surface area contributed by atoms with Crippen LogP contribution in [-0.4, -0.2) is 11.1 Å². The lowest BCUT2D eigenvalue weighted by molar-refractivity contribution is -0.136. The summed E-state index contributed by atoms with van der Waals surface area (Å²) >= 11 is 5.02. The summed E-state index contributed by atoms with van der Waals surface area (Å²) in [5, 5.41) is 10.7. The minimum absolute atomic E-state index is 0.185. The number of carbonyl (C=O) groups is 1. The summed E-state index contributed by atoms with van der Waals surface area (Å²) in [7, 11) is 0. The van der Waals surface area contributed by atoms with Crippen LogP contribution in [0.25, 0.3) is 11.1 Å². The van der Waals surface area contributed by atoms with Gasteiger partial charge in [-0.25, -0.2) is 0 Å². The molecule has 1 aromatic carbocycles. The van der Waals surface area contributed by atoms with Crippen molar-refractivity contribution in [3.63, 3.8) is 0 Å². The maximum Gasteiger partial charge on any atom is 0.303 e. The Bertz CT molecular complexity index is 516. The van der Waals surface area contributed by atoms with Crippen LogP contribution in [0.2, 0.25) is 0 Å². The number of halogens is 1. The Balaban J connectivity index is 2.24. The molecule has 0 bridgehead atoms. The molecule has 0 atom stereocenters. The molecule has 88 valence electrons. The van der Waals surface area contributed by atoms with Crippen molar-refractivity contribution in [1.82, 2.24) is 0 Å². The molecule has 4 heteroatoms. The second-order valence-electron chi connectivity index (χ2n) is 3.66. The van der Waals surface area contributed by atoms with E-state index in [1.807, 2.05) is 35.7 Å². The first kappa shape index (κ1) is 12.3. The maximum atomic E-state index is 10.6.